The van der Waals surface area contributed by atoms with E-state index in [4.69, 9.17) is 21.1 Å². The molecule has 2 aromatic carbocycles. The van der Waals surface area contributed by atoms with Gasteiger partial charge in [0.2, 0.25) is 18.6 Å². The third-order valence-electron chi connectivity index (χ3n) is 3.95. The standard InChI is InChI=1S/C19H15ClF3N3O4/c20-13-3-2-12(19(21,22)23)8-14(13)25-17(27)5-6-18(28)26-24-9-11-1-4-15-16(7-11)30-10-29-15/h1-4,7-9H,5-6,10H2,(H,25,27)(H,26,28)/b24-9-. The number of ether oxygens (including phenoxy) is 2. The average Bonchev–Trinajstić information content (AvgIpc) is 3.15. The van der Waals surface area contributed by atoms with Crippen molar-refractivity contribution in [1.82, 2.24) is 5.43 Å². The molecule has 7 nitrogen and oxygen atoms in total. The third kappa shape index (κ3) is 5.63. The first-order chi connectivity index (χ1) is 14.2. The van der Waals surface area contributed by atoms with E-state index in [9.17, 15) is 22.8 Å². The van der Waals surface area contributed by atoms with Crippen LogP contribution in [0.4, 0.5) is 18.9 Å². The van der Waals surface area contributed by atoms with E-state index in [0.29, 0.717) is 17.1 Å². The number of alkyl halides is 3. The molecular weight excluding hydrogens is 427 g/mol. The highest BCUT2D eigenvalue weighted by Gasteiger charge is 2.31. The lowest BCUT2D eigenvalue weighted by molar-refractivity contribution is -0.137. The van der Waals surface area contributed by atoms with E-state index in [1.807, 2.05) is 0 Å². The zero-order chi connectivity index (χ0) is 21.7. The van der Waals surface area contributed by atoms with Gasteiger partial charge in [-0.1, -0.05) is 11.6 Å². The van der Waals surface area contributed by atoms with Crippen LogP contribution in [0.5, 0.6) is 11.5 Å². The Morgan fingerprint density at radius 1 is 1.07 bits per heavy atom. The number of halogens is 4. The highest BCUT2D eigenvalue weighted by atomic mass is 35.5. The van der Waals surface area contributed by atoms with Crippen molar-refractivity contribution in [2.75, 3.05) is 12.1 Å². The summed E-state index contributed by atoms with van der Waals surface area (Å²) >= 11 is 5.82. The van der Waals surface area contributed by atoms with Gasteiger partial charge in [0, 0.05) is 12.8 Å². The molecule has 0 aromatic heterocycles. The van der Waals surface area contributed by atoms with Gasteiger partial charge in [-0.15, -0.1) is 0 Å². The SMILES string of the molecule is O=C(CCC(=O)Nc1cc(C(F)(F)F)ccc1Cl)N/N=C\c1ccc2c(c1)OCO2. The Bertz CT molecular complexity index is 995. The van der Waals surface area contributed by atoms with Gasteiger partial charge in [0.05, 0.1) is 22.5 Å². The Hall–Kier alpha value is -3.27. The summed E-state index contributed by atoms with van der Waals surface area (Å²) in [6.45, 7) is 0.139. The van der Waals surface area contributed by atoms with Crippen molar-refractivity contribution in [3.05, 3.63) is 52.5 Å². The second kappa shape index (κ2) is 9.04. The molecule has 0 bridgehead atoms. The number of hydrogen-bond acceptors (Lipinski definition) is 5. The zero-order valence-electron chi connectivity index (χ0n) is 15.3. The molecule has 0 fully saturated rings. The Balaban J connectivity index is 1.47. The van der Waals surface area contributed by atoms with Crippen LogP contribution in [0, 0.1) is 0 Å². The molecular formula is C19H15ClF3N3O4. The number of anilines is 1. The molecule has 30 heavy (non-hydrogen) atoms. The minimum atomic E-state index is -4.57. The highest BCUT2D eigenvalue weighted by molar-refractivity contribution is 6.33. The maximum atomic E-state index is 12.8. The largest absolute Gasteiger partial charge is 0.454 e. The summed E-state index contributed by atoms with van der Waals surface area (Å²) in [6, 6.07) is 7.69. The molecule has 11 heteroatoms. The van der Waals surface area contributed by atoms with Gasteiger partial charge in [0.25, 0.3) is 0 Å². The van der Waals surface area contributed by atoms with Crippen LogP contribution >= 0.6 is 11.6 Å². The van der Waals surface area contributed by atoms with E-state index < -0.39 is 23.6 Å². The van der Waals surface area contributed by atoms with E-state index >= 15 is 0 Å². The molecule has 1 aliphatic rings. The van der Waals surface area contributed by atoms with Gasteiger partial charge in [-0.2, -0.15) is 18.3 Å². The van der Waals surface area contributed by atoms with Gasteiger partial charge < -0.3 is 14.8 Å². The van der Waals surface area contributed by atoms with Gasteiger partial charge in [0.15, 0.2) is 11.5 Å². The summed E-state index contributed by atoms with van der Waals surface area (Å²) in [5.74, 6) is -0.0262. The predicted octanol–water partition coefficient (Wildman–Crippen LogP) is 3.96. The number of hydrogen-bond donors (Lipinski definition) is 2. The van der Waals surface area contributed by atoms with Gasteiger partial charge in [-0.25, -0.2) is 5.43 Å². The molecule has 0 saturated carbocycles. The number of fused-ring (bicyclic) bond motifs is 1. The Kier molecular flexibility index (Phi) is 6.46. The van der Waals surface area contributed by atoms with Crippen molar-refractivity contribution in [3.8, 4) is 11.5 Å². The minimum absolute atomic E-state index is 0.0471. The number of nitrogens with one attached hydrogen (secondary N) is 2. The van der Waals surface area contributed by atoms with Crippen LogP contribution in [-0.4, -0.2) is 24.8 Å². The van der Waals surface area contributed by atoms with Crippen molar-refractivity contribution in [2.45, 2.75) is 19.0 Å². The summed E-state index contributed by atoms with van der Waals surface area (Å²) < 4.78 is 48.7. The molecule has 0 aliphatic carbocycles. The molecule has 1 heterocycles. The summed E-state index contributed by atoms with van der Waals surface area (Å²) in [7, 11) is 0. The number of amides is 2. The van der Waals surface area contributed by atoms with E-state index in [1.54, 1.807) is 18.2 Å². The number of hydrazone groups is 1. The fraction of sp³-hybridized carbons (Fsp3) is 0.211. The summed E-state index contributed by atoms with van der Waals surface area (Å²) in [5.41, 5.74) is 1.80. The fourth-order valence-electron chi connectivity index (χ4n) is 2.47. The number of rotatable bonds is 6. The van der Waals surface area contributed by atoms with Gasteiger partial charge in [0.1, 0.15) is 0 Å². The molecule has 2 N–H and O–H groups in total. The van der Waals surface area contributed by atoms with Gasteiger partial charge in [-0.05, 0) is 42.0 Å². The van der Waals surface area contributed by atoms with Gasteiger partial charge in [-0.3, -0.25) is 9.59 Å². The smallest absolute Gasteiger partial charge is 0.416 e. The zero-order valence-corrected chi connectivity index (χ0v) is 16.0. The monoisotopic (exact) mass is 441 g/mol. The first-order valence-electron chi connectivity index (χ1n) is 8.60. The summed E-state index contributed by atoms with van der Waals surface area (Å²) in [4.78, 5) is 23.7. The van der Waals surface area contributed by atoms with Gasteiger partial charge >= 0.3 is 6.18 Å². The Labute approximate surface area is 173 Å². The van der Waals surface area contributed by atoms with E-state index in [2.05, 4.69) is 15.8 Å². The third-order valence-corrected chi connectivity index (χ3v) is 4.28. The van der Waals surface area contributed by atoms with Crippen LogP contribution in [0.3, 0.4) is 0 Å². The normalized spacial score (nSPS) is 12.8. The maximum absolute atomic E-state index is 12.8. The molecule has 1 aliphatic heterocycles. The minimum Gasteiger partial charge on any atom is -0.454 e. The lowest BCUT2D eigenvalue weighted by Gasteiger charge is -2.11. The van der Waals surface area contributed by atoms with E-state index in [0.717, 1.165) is 18.2 Å². The van der Waals surface area contributed by atoms with Crippen LogP contribution in [0.1, 0.15) is 24.0 Å². The van der Waals surface area contributed by atoms with Crippen LogP contribution < -0.4 is 20.2 Å². The van der Waals surface area contributed by atoms with Crippen molar-refractivity contribution in [3.63, 3.8) is 0 Å². The van der Waals surface area contributed by atoms with Crippen LogP contribution in [0.2, 0.25) is 5.02 Å². The van der Waals surface area contributed by atoms with Crippen molar-refractivity contribution in [1.29, 1.82) is 0 Å². The average molecular weight is 442 g/mol. The Morgan fingerprint density at radius 3 is 2.57 bits per heavy atom. The van der Waals surface area contributed by atoms with Crippen LogP contribution in [-0.2, 0) is 15.8 Å². The first-order valence-corrected chi connectivity index (χ1v) is 8.98. The number of nitrogens with zero attached hydrogens (tertiary/aromatic N) is 1. The number of carbonyl (C=O) groups is 2. The summed E-state index contributed by atoms with van der Waals surface area (Å²) in [5, 5.41) is 6.00. The second-order valence-electron chi connectivity index (χ2n) is 6.15. The fourth-order valence-corrected chi connectivity index (χ4v) is 2.63. The highest BCUT2D eigenvalue weighted by Crippen LogP contribution is 2.34. The molecule has 0 spiro atoms. The van der Waals surface area contributed by atoms with E-state index in [-0.39, 0.29) is 30.3 Å². The van der Waals surface area contributed by atoms with Crippen molar-refractivity contribution in [2.24, 2.45) is 5.10 Å². The molecule has 3 rings (SSSR count). The van der Waals surface area contributed by atoms with Crippen molar-refractivity contribution >= 4 is 35.3 Å². The first kappa shape index (κ1) is 21.4. The van der Waals surface area contributed by atoms with Crippen LogP contribution in [0.25, 0.3) is 0 Å². The second-order valence-corrected chi connectivity index (χ2v) is 6.55. The molecule has 0 radical (unpaired) electrons. The molecule has 2 aromatic rings. The maximum Gasteiger partial charge on any atom is 0.416 e. The van der Waals surface area contributed by atoms with Crippen LogP contribution in [0.15, 0.2) is 41.5 Å². The molecule has 0 unspecified atom stereocenters. The molecule has 0 saturated heterocycles. The van der Waals surface area contributed by atoms with E-state index in [1.165, 1.54) is 6.21 Å². The predicted molar refractivity (Wildman–Crippen MR) is 103 cm³/mol. The summed E-state index contributed by atoms with van der Waals surface area (Å²) in [6.07, 6.45) is -3.67. The molecule has 158 valence electrons. The van der Waals surface area contributed by atoms with Crippen molar-refractivity contribution < 1.29 is 32.2 Å². The molecule has 2 amide bonds. The quantitative estimate of drug-likeness (QED) is 0.524. The number of benzene rings is 2. The topological polar surface area (TPSA) is 89.0 Å². The lowest BCUT2D eigenvalue weighted by atomic mass is 10.2. The number of carbonyl (C=O) groups excluding carboxylic acids is 2. The lowest BCUT2D eigenvalue weighted by Crippen LogP contribution is -2.21. The molecule has 0 atom stereocenters. The Morgan fingerprint density at radius 2 is 1.80 bits per heavy atom.